The number of hydrogen-bond acceptors (Lipinski definition) is 7. The van der Waals surface area contributed by atoms with Gasteiger partial charge in [0.1, 0.15) is 0 Å². The van der Waals surface area contributed by atoms with Gasteiger partial charge in [0.25, 0.3) is 0 Å². The Hall–Kier alpha value is -2.99. The lowest BCUT2D eigenvalue weighted by Crippen LogP contribution is -2.30. The van der Waals surface area contributed by atoms with Crippen LogP contribution in [0.1, 0.15) is 11.3 Å². The number of rotatable bonds is 7. The smallest absolute Gasteiger partial charge is 0.243 e. The minimum atomic E-state index is -3.99. The molecule has 0 bridgehead atoms. The molecule has 31 heavy (non-hydrogen) atoms. The van der Waals surface area contributed by atoms with Crippen LogP contribution in [0.25, 0.3) is 0 Å². The van der Waals surface area contributed by atoms with Gasteiger partial charge in [-0.15, -0.1) is 0 Å². The number of fused-ring (bicyclic) bond motifs is 1. The third kappa shape index (κ3) is 4.69. The summed E-state index contributed by atoms with van der Waals surface area (Å²) in [5, 5.41) is 5.11. The summed E-state index contributed by atoms with van der Waals surface area (Å²) in [6.45, 7) is 0.187. The van der Waals surface area contributed by atoms with Crippen molar-refractivity contribution < 1.29 is 26.3 Å². The van der Waals surface area contributed by atoms with Gasteiger partial charge in [0, 0.05) is 12.7 Å². The fraction of sp³-hybridized carbons (Fsp3) is 0.150. The SMILES string of the molecule is NS(=O)(=O)c1ccc(S(=O)(=O)N(Cc2ccc3c(c2)OCO3)Cc2ccccn2)cc1. The van der Waals surface area contributed by atoms with E-state index in [1.165, 1.54) is 28.6 Å². The molecule has 9 nitrogen and oxygen atoms in total. The minimum Gasteiger partial charge on any atom is -0.454 e. The van der Waals surface area contributed by atoms with Gasteiger partial charge in [-0.1, -0.05) is 12.1 Å². The van der Waals surface area contributed by atoms with Crippen LogP contribution in [-0.2, 0) is 33.1 Å². The molecule has 2 heterocycles. The fourth-order valence-electron chi connectivity index (χ4n) is 3.09. The molecule has 0 aliphatic carbocycles. The molecule has 3 aromatic rings. The van der Waals surface area contributed by atoms with Gasteiger partial charge in [0.05, 0.1) is 22.0 Å². The van der Waals surface area contributed by atoms with Gasteiger partial charge in [0.15, 0.2) is 11.5 Å². The van der Waals surface area contributed by atoms with Crippen LogP contribution >= 0.6 is 0 Å². The average Bonchev–Trinajstić information content (AvgIpc) is 3.21. The van der Waals surface area contributed by atoms with Crippen LogP contribution in [0.2, 0.25) is 0 Å². The molecule has 162 valence electrons. The summed E-state index contributed by atoms with van der Waals surface area (Å²) in [5.41, 5.74) is 1.26. The molecule has 0 fully saturated rings. The van der Waals surface area contributed by atoms with Crippen LogP contribution in [-0.4, -0.2) is 32.9 Å². The second-order valence-electron chi connectivity index (χ2n) is 6.80. The summed E-state index contributed by atoms with van der Waals surface area (Å²) in [5.74, 6) is 1.15. The lowest BCUT2D eigenvalue weighted by molar-refractivity contribution is 0.174. The molecule has 4 rings (SSSR count). The van der Waals surface area contributed by atoms with Crippen LogP contribution in [0, 0.1) is 0 Å². The van der Waals surface area contributed by atoms with Gasteiger partial charge in [-0.2, -0.15) is 4.31 Å². The van der Waals surface area contributed by atoms with Crippen molar-refractivity contribution in [1.82, 2.24) is 9.29 Å². The Balaban J connectivity index is 1.69. The molecule has 11 heteroatoms. The quantitative estimate of drug-likeness (QED) is 0.568. The van der Waals surface area contributed by atoms with Gasteiger partial charge < -0.3 is 9.47 Å². The van der Waals surface area contributed by atoms with E-state index in [1.807, 2.05) is 0 Å². The van der Waals surface area contributed by atoms with Crippen molar-refractivity contribution in [3.05, 3.63) is 78.1 Å². The first kappa shape index (κ1) is 21.2. The number of benzene rings is 2. The van der Waals surface area contributed by atoms with Crippen LogP contribution in [0.4, 0.5) is 0 Å². The first-order valence-electron chi connectivity index (χ1n) is 9.15. The number of nitrogens with zero attached hydrogens (tertiary/aromatic N) is 2. The van der Waals surface area contributed by atoms with E-state index in [0.29, 0.717) is 22.8 Å². The Morgan fingerprint density at radius 3 is 2.26 bits per heavy atom. The zero-order valence-corrected chi connectivity index (χ0v) is 17.8. The van der Waals surface area contributed by atoms with Gasteiger partial charge >= 0.3 is 0 Å². The number of aromatic nitrogens is 1. The summed E-state index contributed by atoms with van der Waals surface area (Å²) in [6.07, 6.45) is 1.58. The monoisotopic (exact) mass is 461 g/mol. The second kappa shape index (κ2) is 8.27. The van der Waals surface area contributed by atoms with E-state index in [2.05, 4.69) is 4.98 Å². The number of primary sulfonamides is 1. The highest BCUT2D eigenvalue weighted by molar-refractivity contribution is 7.89. The average molecular weight is 462 g/mol. The minimum absolute atomic E-state index is 0.0224. The molecule has 0 unspecified atom stereocenters. The van der Waals surface area contributed by atoms with Crippen molar-refractivity contribution >= 4 is 20.0 Å². The molecule has 0 spiro atoms. The second-order valence-corrected chi connectivity index (χ2v) is 10.3. The maximum atomic E-state index is 13.4. The van der Waals surface area contributed by atoms with Gasteiger partial charge in [0.2, 0.25) is 26.8 Å². The van der Waals surface area contributed by atoms with Crippen LogP contribution < -0.4 is 14.6 Å². The van der Waals surface area contributed by atoms with Crippen molar-refractivity contribution in [1.29, 1.82) is 0 Å². The molecule has 1 aliphatic heterocycles. The summed E-state index contributed by atoms with van der Waals surface area (Å²) >= 11 is 0. The molecule has 2 aromatic carbocycles. The van der Waals surface area contributed by atoms with Crippen molar-refractivity contribution in [2.75, 3.05) is 6.79 Å². The third-order valence-electron chi connectivity index (χ3n) is 4.65. The first-order valence-corrected chi connectivity index (χ1v) is 12.1. The topological polar surface area (TPSA) is 129 Å². The van der Waals surface area contributed by atoms with Crippen LogP contribution in [0.15, 0.2) is 76.7 Å². The van der Waals surface area contributed by atoms with E-state index in [0.717, 1.165) is 0 Å². The van der Waals surface area contributed by atoms with Gasteiger partial charge in [-0.3, -0.25) is 4.98 Å². The van der Waals surface area contributed by atoms with Gasteiger partial charge in [-0.05, 0) is 54.1 Å². The zero-order chi connectivity index (χ0) is 22.1. The number of hydrogen-bond donors (Lipinski definition) is 1. The highest BCUT2D eigenvalue weighted by Gasteiger charge is 2.27. The third-order valence-corrected chi connectivity index (χ3v) is 7.39. The highest BCUT2D eigenvalue weighted by atomic mass is 32.2. The van der Waals surface area contributed by atoms with E-state index in [4.69, 9.17) is 14.6 Å². The lowest BCUT2D eigenvalue weighted by atomic mass is 10.2. The van der Waals surface area contributed by atoms with Crippen molar-refractivity contribution in [3.63, 3.8) is 0 Å². The molecule has 1 aliphatic rings. The molecular formula is C20H19N3O6S2. The highest BCUT2D eigenvalue weighted by Crippen LogP contribution is 2.33. The normalized spacial score (nSPS) is 13.5. The number of pyridine rings is 1. The maximum Gasteiger partial charge on any atom is 0.243 e. The molecule has 0 saturated carbocycles. The molecule has 1 aromatic heterocycles. The van der Waals surface area contributed by atoms with Crippen LogP contribution in [0.5, 0.6) is 11.5 Å². The van der Waals surface area contributed by atoms with Crippen molar-refractivity contribution in [2.45, 2.75) is 22.9 Å². The largest absolute Gasteiger partial charge is 0.454 e. The fourth-order valence-corrected chi connectivity index (χ4v) is 5.01. The predicted octanol–water partition coefficient (Wildman–Crippen LogP) is 1.85. The summed E-state index contributed by atoms with van der Waals surface area (Å²) in [6, 6.07) is 15.2. The number of sulfonamides is 2. The molecular weight excluding hydrogens is 442 g/mol. The Morgan fingerprint density at radius 1 is 0.871 bits per heavy atom. The van der Waals surface area contributed by atoms with E-state index in [-0.39, 0.29) is 29.7 Å². The van der Waals surface area contributed by atoms with Crippen molar-refractivity contribution in [3.8, 4) is 11.5 Å². The summed E-state index contributed by atoms with van der Waals surface area (Å²) in [7, 11) is -7.92. The summed E-state index contributed by atoms with van der Waals surface area (Å²) in [4.78, 5) is 4.00. The Morgan fingerprint density at radius 2 is 1.58 bits per heavy atom. The first-order chi connectivity index (χ1) is 14.7. The Kier molecular flexibility index (Phi) is 5.67. The molecule has 0 atom stereocenters. The summed E-state index contributed by atoms with van der Waals surface area (Å²) < 4.78 is 61.7. The van der Waals surface area contributed by atoms with E-state index in [9.17, 15) is 16.8 Å². The van der Waals surface area contributed by atoms with E-state index < -0.39 is 20.0 Å². The molecule has 2 N–H and O–H groups in total. The number of ether oxygens (including phenoxy) is 2. The van der Waals surface area contributed by atoms with Crippen molar-refractivity contribution in [2.24, 2.45) is 5.14 Å². The molecule has 0 saturated heterocycles. The maximum absolute atomic E-state index is 13.4. The molecule has 0 radical (unpaired) electrons. The van der Waals surface area contributed by atoms with Crippen LogP contribution in [0.3, 0.4) is 0 Å². The lowest BCUT2D eigenvalue weighted by Gasteiger charge is -2.22. The zero-order valence-electron chi connectivity index (χ0n) is 16.2. The van der Waals surface area contributed by atoms with E-state index >= 15 is 0 Å². The number of nitrogens with two attached hydrogens (primary N) is 1. The Bertz CT molecular complexity index is 1290. The standard InChI is InChI=1S/C20H19N3O6S2/c21-30(24,25)17-5-7-18(8-6-17)31(26,27)23(13-16-3-1-2-10-22-16)12-15-4-9-19-20(11-15)29-14-28-19/h1-11H,12-14H2,(H2,21,24,25). The van der Waals surface area contributed by atoms with E-state index in [1.54, 1.807) is 42.6 Å². The Labute approximate surface area is 180 Å². The molecule has 0 amide bonds. The van der Waals surface area contributed by atoms with Gasteiger partial charge in [-0.25, -0.2) is 22.0 Å². The predicted molar refractivity (Wildman–Crippen MR) is 111 cm³/mol.